The Bertz CT molecular complexity index is 515. The van der Waals surface area contributed by atoms with Crippen LogP contribution in [-0.2, 0) is 6.54 Å². The minimum atomic E-state index is 0.0165. The molecule has 1 heterocycles. The molecule has 2 aromatic rings. The van der Waals surface area contributed by atoms with Gasteiger partial charge in [0.15, 0.2) is 5.82 Å². The Hall–Kier alpha value is -2.30. The number of imidazole rings is 1. The van der Waals surface area contributed by atoms with Crippen LogP contribution < -0.4 is 11.1 Å². The fourth-order valence-corrected chi connectivity index (χ4v) is 1.75. The number of nitrogen functional groups attached to an aromatic ring is 1. The highest BCUT2D eigenvalue weighted by Gasteiger charge is 2.12. The van der Waals surface area contributed by atoms with Crippen molar-refractivity contribution in [1.82, 2.24) is 9.55 Å². The Morgan fingerprint density at radius 1 is 1.41 bits per heavy atom. The van der Waals surface area contributed by atoms with Gasteiger partial charge in [-0.2, -0.15) is 0 Å². The van der Waals surface area contributed by atoms with E-state index in [0.29, 0.717) is 18.1 Å². The van der Waals surface area contributed by atoms with Gasteiger partial charge in [0.25, 0.3) is 0 Å². The number of nitrogens with one attached hydrogen (secondary N) is 2. The summed E-state index contributed by atoms with van der Waals surface area (Å²) in [6, 6.07) is 10.0. The smallest absolute Gasteiger partial charge is 0.155 e. The molecule has 2 rings (SSSR count). The lowest BCUT2D eigenvalue weighted by Crippen LogP contribution is -2.18. The van der Waals surface area contributed by atoms with Gasteiger partial charge in [0.2, 0.25) is 0 Å². The van der Waals surface area contributed by atoms with E-state index in [-0.39, 0.29) is 5.84 Å². The molecule has 0 amide bonds. The van der Waals surface area contributed by atoms with Crippen LogP contribution in [-0.4, -0.2) is 22.4 Å². The molecule has 0 unspecified atom stereocenters. The maximum Gasteiger partial charge on any atom is 0.155 e. The molecule has 0 aliphatic heterocycles. The molecule has 5 heteroatoms. The fourth-order valence-electron chi connectivity index (χ4n) is 1.75. The predicted molar refractivity (Wildman–Crippen MR) is 68.3 cm³/mol. The zero-order valence-corrected chi connectivity index (χ0v) is 9.64. The average Bonchev–Trinajstić information content (AvgIpc) is 2.73. The highest BCUT2D eigenvalue weighted by atomic mass is 15.1. The molecule has 0 fully saturated rings. The average molecular weight is 229 g/mol. The van der Waals surface area contributed by atoms with Gasteiger partial charge in [0.05, 0.1) is 6.33 Å². The third kappa shape index (κ3) is 2.28. The van der Waals surface area contributed by atoms with Crippen molar-refractivity contribution >= 4 is 11.7 Å². The second kappa shape index (κ2) is 4.69. The topological polar surface area (TPSA) is 79.7 Å². The van der Waals surface area contributed by atoms with Crippen molar-refractivity contribution in [3.63, 3.8) is 0 Å². The van der Waals surface area contributed by atoms with E-state index >= 15 is 0 Å². The van der Waals surface area contributed by atoms with Crippen LogP contribution >= 0.6 is 0 Å². The van der Waals surface area contributed by atoms with Gasteiger partial charge in [-0.05, 0) is 5.56 Å². The summed E-state index contributed by atoms with van der Waals surface area (Å²) < 4.78 is 1.86. The largest absolute Gasteiger partial charge is 0.382 e. The van der Waals surface area contributed by atoms with E-state index in [4.69, 9.17) is 11.1 Å². The van der Waals surface area contributed by atoms with Crippen molar-refractivity contribution in [2.75, 3.05) is 12.4 Å². The first kappa shape index (κ1) is 11.2. The summed E-state index contributed by atoms with van der Waals surface area (Å²) in [4.78, 5) is 4.18. The molecule has 17 heavy (non-hydrogen) atoms. The van der Waals surface area contributed by atoms with E-state index in [1.807, 2.05) is 34.9 Å². The van der Waals surface area contributed by atoms with Crippen LogP contribution in [0.15, 0.2) is 36.7 Å². The zero-order valence-electron chi connectivity index (χ0n) is 9.64. The molecule has 0 saturated carbocycles. The molecule has 0 spiro atoms. The lowest BCUT2D eigenvalue weighted by atomic mass is 10.2. The highest BCUT2D eigenvalue weighted by molar-refractivity contribution is 5.97. The van der Waals surface area contributed by atoms with Crippen molar-refractivity contribution in [1.29, 1.82) is 5.41 Å². The standard InChI is InChI=1S/C12H15N5/c1-15-12-10(11(13)14)17(8-16-12)7-9-5-3-2-4-6-9/h2-6,8,15H,7H2,1H3,(H3,13,14). The third-order valence-electron chi connectivity index (χ3n) is 2.53. The van der Waals surface area contributed by atoms with Crippen LogP contribution in [0.1, 0.15) is 11.3 Å². The first-order chi connectivity index (χ1) is 8.22. The highest BCUT2D eigenvalue weighted by Crippen LogP contribution is 2.14. The SMILES string of the molecule is CNc1ncn(Cc2ccccc2)c1C(=N)N. The number of amidine groups is 1. The molecular formula is C12H15N5. The molecule has 0 bridgehead atoms. The normalized spacial score (nSPS) is 10.2. The van der Waals surface area contributed by atoms with Crippen LogP contribution in [0.25, 0.3) is 0 Å². The van der Waals surface area contributed by atoms with Gasteiger partial charge < -0.3 is 15.6 Å². The lowest BCUT2D eigenvalue weighted by Gasteiger charge is -2.08. The van der Waals surface area contributed by atoms with Crippen LogP contribution in [0.3, 0.4) is 0 Å². The molecule has 0 atom stereocenters. The van der Waals surface area contributed by atoms with Gasteiger partial charge >= 0.3 is 0 Å². The summed E-state index contributed by atoms with van der Waals surface area (Å²) in [6.45, 7) is 0.657. The number of hydrogen-bond donors (Lipinski definition) is 3. The Morgan fingerprint density at radius 2 is 2.12 bits per heavy atom. The lowest BCUT2D eigenvalue weighted by molar-refractivity contribution is 0.788. The molecular weight excluding hydrogens is 214 g/mol. The maximum atomic E-state index is 7.58. The Morgan fingerprint density at radius 3 is 2.71 bits per heavy atom. The summed E-state index contributed by atoms with van der Waals surface area (Å²) >= 11 is 0. The molecule has 1 aromatic heterocycles. The number of hydrogen-bond acceptors (Lipinski definition) is 3. The Balaban J connectivity index is 2.33. The van der Waals surface area contributed by atoms with Gasteiger partial charge in [-0.1, -0.05) is 30.3 Å². The van der Waals surface area contributed by atoms with Crippen molar-refractivity contribution < 1.29 is 0 Å². The van der Waals surface area contributed by atoms with Crippen LogP contribution in [0.5, 0.6) is 0 Å². The van der Waals surface area contributed by atoms with E-state index in [9.17, 15) is 0 Å². The monoisotopic (exact) mass is 229 g/mol. The van der Waals surface area contributed by atoms with E-state index < -0.39 is 0 Å². The quantitative estimate of drug-likeness (QED) is 0.545. The van der Waals surface area contributed by atoms with Crippen molar-refractivity contribution in [3.8, 4) is 0 Å². The van der Waals surface area contributed by atoms with Crippen molar-refractivity contribution in [2.24, 2.45) is 5.73 Å². The number of anilines is 1. The first-order valence-electron chi connectivity index (χ1n) is 5.33. The number of nitrogens with zero attached hydrogens (tertiary/aromatic N) is 2. The first-order valence-corrected chi connectivity index (χ1v) is 5.33. The Kier molecular flexibility index (Phi) is 3.09. The minimum absolute atomic E-state index is 0.0165. The van der Waals surface area contributed by atoms with Gasteiger partial charge in [0.1, 0.15) is 11.5 Å². The van der Waals surface area contributed by atoms with Gasteiger partial charge in [-0.3, -0.25) is 5.41 Å². The maximum absolute atomic E-state index is 7.58. The fraction of sp³-hybridized carbons (Fsp3) is 0.167. The summed E-state index contributed by atoms with van der Waals surface area (Å²) in [5.41, 5.74) is 7.34. The van der Waals surface area contributed by atoms with Crippen molar-refractivity contribution in [2.45, 2.75) is 6.54 Å². The minimum Gasteiger partial charge on any atom is -0.382 e. The molecule has 0 radical (unpaired) electrons. The second-order valence-corrected chi connectivity index (χ2v) is 3.72. The van der Waals surface area contributed by atoms with Gasteiger partial charge in [-0.15, -0.1) is 0 Å². The van der Waals surface area contributed by atoms with Crippen molar-refractivity contribution in [3.05, 3.63) is 47.9 Å². The number of aromatic nitrogens is 2. The van der Waals surface area contributed by atoms with Gasteiger partial charge in [0, 0.05) is 13.6 Å². The summed E-state index contributed by atoms with van der Waals surface area (Å²) in [5.74, 6) is 0.649. The molecule has 4 N–H and O–H groups in total. The molecule has 88 valence electrons. The van der Waals surface area contributed by atoms with Crippen LogP contribution in [0, 0.1) is 5.41 Å². The molecule has 1 aromatic carbocycles. The predicted octanol–water partition coefficient (Wildman–Crippen LogP) is 1.26. The van der Waals surface area contributed by atoms with Crippen LogP contribution in [0.4, 0.5) is 5.82 Å². The second-order valence-electron chi connectivity index (χ2n) is 3.72. The van der Waals surface area contributed by atoms with E-state index in [1.165, 1.54) is 0 Å². The molecule has 0 saturated heterocycles. The third-order valence-corrected chi connectivity index (χ3v) is 2.53. The summed E-state index contributed by atoms with van der Waals surface area (Å²) in [6.07, 6.45) is 1.69. The molecule has 0 aliphatic carbocycles. The van der Waals surface area contributed by atoms with Gasteiger partial charge in [-0.25, -0.2) is 4.98 Å². The van der Waals surface area contributed by atoms with Crippen LogP contribution in [0.2, 0.25) is 0 Å². The molecule has 0 aliphatic rings. The zero-order chi connectivity index (χ0) is 12.3. The number of nitrogens with two attached hydrogens (primary N) is 1. The van der Waals surface area contributed by atoms with E-state index in [2.05, 4.69) is 10.3 Å². The van der Waals surface area contributed by atoms with E-state index in [1.54, 1.807) is 13.4 Å². The van der Waals surface area contributed by atoms with E-state index in [0.717, 1.165) is 5.56 Å². The number of benzene rings is 1. The Labute approximate surface area is 99.8 Å². The number of rotatable bonds is 4. The summed E-state index contributed by atoms with van der Waals surface area (Å²) in [7, 11) is 1.77. The summed E-state index contributed by atoms with van der Waals surface area (Å²) in [5, 5.41) is 10.5. The molecule has 5 nitrogen and oxygen atoms in total.